The summed E-state index contributed by atoms with van der Waals surface area (Å²) in [5, 5.41) is 6.90. The Bertz CT molecular complexity index is 740. The van der Waals surface area contributed by atoms with E-state index in [4.69, 9.17) is 4.74 Å². The van der Waals surface area contributed by atoms with Crippen molar-refractivity contribution in [2.75, 3.05) is 13.7 Å². The number of nitrogens with one attached hydrogen (secondary N) is 1. The largest absolute Gasteiger partial charge is 0.375 e. The fourth-order valence-corrected chi connectivity index (χ4v) is 3.23. The van der Waals surface area contributed by atoms with Gasteiger partial charge in [-0.25, -0.2) is 0 Å². The van der Waals surface area contributed by atoms with E-state index >= 15 is 0 Å². The first-order valence-corrected chi connectivity index (χ1v) is 8.00. The molecule has 0 spiro atoms. The molecule has 2 aromatic heterocycles. The highest BCUT2D eigenvalue weighted by molar-refractivity contribution is 7.08. The second kappa shape index (κ2) is 6.30. The number of benzene rings is 1. The van der Waals surface area contributed by atoms with Crippen molar-refractivity contribution < 1.29 is 9.53 Å². The number of aromatic nitrogens is 2. The Morgan fingerprint density at radius 1 is 1.33 bits per heavy atom. The molecule has 1 N–H and O–H groups in total. The zero-order valence-corrected chi connectivity index (χ0v) is 12.9. The van der Waals surface area contributed by atoms with Crippen molar-refractivity contribution in [2.45, 2.75) is 6.10 Å². The van der Waals surface area contributed by atoms with E-state index in [0.717, 1.165) is 28.3 Å². The lowest BCUT2D eigenvalue weighted by Gasteiger charge is -2.15. The van der Waals surface area contributed by atoms with E-state index < -0.39 is 0 Å². The minimum absolute atomic E-state index is 0.134. The average Bonchev–Trinajstić information content (AvgIpc) is 3.18. The third-order valence-corrected chi connectivity index (χ3v) is 4.42. The summed E-state index contributed by atoms with van der Waals surface area (Å²) in [5.74, 6) is -0.137. The van der Waals surface area contributed by atoms with Gasteiger partial charge in [0.2, 0.25) is 0 Å². The molecule has 1 atom stereocenters. The van der Waals surface area contributed by atoms with Crippen molar-refractivity contribution in [1.29, 1.82) is 0 Å². The molecular weight excluding hydrogens is 306 g/mol. The van der Waals surface area contributed by atoms with Crippen LogP contribution in [0.1, 0.15) is 22.0 Å². The van der Waals surface area contributed by atoms with Crippen molar-refractivity contribution in [3.05, 3.63) is 46.2 Å². The number of methoxy groups -OCH3 is 1. The summed E-state index contributed by atoms with van der Waals surface area (Å²) in [7, 11) is 1.64. The van der Waals surface area contributed by atoms with Crippen LogP contribution in [0.15, 0.2) is 35.0 Å². The molecule has 3 rings (SSSR count). The zero-order valence-electron chi connectivity index (χ0n) is 11.3. The standard InChI is InChI=1S/C14H13N3O2S2/c1-19-13(10-4-5-20-8-10)7-15-14(18)9-2-3-11-12(6-9)17-21-16-11/h2-6,8,13H,7H2,1H3,(H,15,18). The van der Waals surface area contributed by atoms with Gasteiger partial charge in [0.05, 0.1) is 11.7 Å². The van der Waals surface area contributed by atoms with Gasteiger partial charge in [0.1, 0.15) is 17.1 Å². The number of carbonyl (C=O) groups is 1. The number of carbonyl (C=O) groups excluding carboxylic acids is 1. The van der Waals surface area contributed by atoms with Crippen molar-refractivity contribution in [3.63, 3.8) is 0 Å². The Balaban J connectivity index is 1.68. The van der Waals surface area contributed by atoms with Gasteiger partial charge in [-0.2, -0.15) is 20.1 Å². The quantitative estimate of drug-likeness (QED) is 0.785. The Hall–Kier alpha value is -1.83. The predicted molar refractivity (Wildman–Crippen MR) is 83.8 cm³/mol. The first-order chi connectivity index (χ1) is 10.3. The lowest BCUT2D eigenvalue weighted by Crippen LogP contribution is -2.28. The maximum atomic E-state index is 12.2. The molecule has 1 aromatic carbocycles. The molecule has 1 amide bonds. The van der Waals surface area contributed by atoms with Crippen LogP contribution in [-0.4, -0.2) is 28.3 Å². The Labute approximate surface area is 129 Å². The Kier molecular flexibility index (Phi) is 4.23. The molecule has 108 valence electrons. The predicted octanol–water partition coefficient (Wildman–Crippen LogP) is 2.87. The molecule has 0 aliphatic heterocycles. The van der Waals surface area contributed by atoms with E-state index in [1.807, 2.05) is 16.8 Å². The summed E-state index contributed by atoms with van der Waals surface area (Å²) in [6.45, 7) is 0.430. The van der Waals surface area contributed by atoms with E-state index in [9.17, 15) is 4.79 Å². The number of nitrogens with zero attached hydrogens (tertiary/aromatic N) is 2. The van der Waals surface area contributed by atoms with Crippen LogP contribution in [0.4, 0.5) is 0 Å². The van der Waals surface area contributed by atoms with Gasteiger partial charge in [-0.15, -0.1) is 0 Å². The second-order valence-electron chi connectivity index (χ2n) is 4.46. The summed E-state index contributed by atoms with van der Waals surface area (Å²) in [5.41, 5.74) is 3.20. The summed E-state index contributed by atoms with van der Waals surface area (Å²) in [6.07, 6.45) is -0.134. The molecule has 21 heavy (non-hydrogen) atoms. The first kappa shape index (κ1) is 14.1. The molecule has 5 nitrogen and oxygen atoms in total. The Morgan fingerprint density at radius 2 is 2.19 bits per heavy atom. The molecule has 0 saturated heterocycles. The van der Waals surface area contributed by atoms with E-state index in [2.05, 4.69) is 14.1 Å². The van der Waals surface area contributed by atoms with Crippen LogP contribution in [0, 0.1) is 0 Å². The maximum Gasteiger partial charge on any atom is 0.251 e. The summed E-state index contributed by atoms with van der Waals surface area (Å²) >= 11 is 2.75. The smallest absolute Gasteiger partial charge is 0.251 e. The molecule has 0 saturated carbocycles. The maximum absolute atomic E-state index is 12.2. The van der Waals surface area contributed by atoms with E-state index in [0.29, 0.717) is 12.1 Å². The normalized spacial score (nSPS) is 12.4. The summed E-state index contributed by atoms with van der Waals surface area (Å²) < 4.78 is 13.7. The molecule has 0 radical (unpaired) electrons. The zero-order chi connectivity index (χ0) is 14.7. The highest BCUT2D eigenvalue weighted by Gasteiger charge is 2.14. The SMILES string of the molecule is COC(CNC(=O)c1ccc2nsnc2c1)c1ccsc1. The summed E-state index contributed by atoms with van der Waals surface area (Å²) in [4.78, 5) is 12.2. The average molecular weight is 319 g/mol. The molecular formula is C14H13N3O2S2. The van der Waals surface area contributed by atoms with Crippen LogP contribution in [-0.2, 0) is 4.74 Å². The van der Waals surface area contributed by atoms with Crippen LogP contribution in [0.25, 0.3) is 11.0 Å². The van der Waals surface area contributed by atoms with Gasteiger partial charge in [0.15, 0.2) is 0 Å². The van der Waals surface area contributed by atoms with Crippen LogP contribution < -0.4 is 5.32 Å². The van der Waals surface area contributed by atoms with E-state index in [1.165, 1.54) is 0 Å². The number of fused-ring (bicyclic) bond motifs is 1. The molecule has 0 aliphatic carbocycles. The third kappa shape index (κ3) is 3.10. The number of rotatable bonds is 5. The van der Waals surface area contributed by atoms with Crippen LogP contribution in [0.2, 0.25) is 0 Å². The van der Waals surface area contributed by atoms with E-state index in [-0.39, 0.29) is 12.0 Å². The van der Waals surface area contributed by atoms with Gasteiger partial charge in [-0.1, -0.05) is 0 Å². The molecule has 0 fully saturated rings. The molecule has 3 aromatic rings. The van der Waals surface area contributed by atoms with Crippen molar-refractivity contribution in [1.82, 2.24) is 14.1 Å². The van der Waals surface area contributed by atoms with Gasteiger partial charge in [0.25, 0.3) is 5.91 Å². The topological polar surface area (TPSA) is 64.1 Å². The van der Waals surface area contributed by atoms with Gasteiger partial charge in [-0.3, -0.25) is 4.79 Å². The third-order valence-electron chi connectivity index (χ3n) is 3.16. The number of thiophene rings is 1. The fourth-order valence-electron chi connectivity index (χ4n) is 2.01. The number of amides is 1. The van der Waals surface area contributed by atoms with Crippen molar-refractivity contribution in [2.24, 2.45) is 0 Å². The van der Waals surface area contributed by atoms with Crippen molar-refractivity contribution in [3.8, 4) is 0 Å². The monoisotopic (exact) mass is 319 g/mol. The lowest BCUT2D eigenvalue weighted by atomic mass is 10.1. The molecule has 7 heteroatoms. The van der Waals surface area contributed by atoms with Crippen molar-refractivity contribution >= 4 is 40.0 Å². The molecule has 0 aliphatic rings. The van der Waals surface area contributed by atoms with Gasteiger partial charge >= 0.3 is 0 Å². The number of hydrogen-bond donors (Lipinski definition) is 1. The van der Waals surface area contributed by atoms with Crippen LogP contribution >= 0.6 is 23.1 Å². The minimum atomic E-state index is -0.137. The molecule has 1 unspecified atom stereocenters. The minimum Gasteiger partial charge on any atom is -0.375 e. The fraction of sp³-hybridized carbons (Fsp3) is 0.214. The van der Waals surface area contributed by atoms with E-state index in [1.54, 1.807) is 36.6 Å². The highest BCUT2D eigenvalue weighted by atomic mass is 32.1. The Morgan fingerprint density at radius 3 is 2.95 bits per heavy atom. The van der Waals surface area contributed by atoms with Gasteiger partial charge < -0.3 is 10.1 Å². The van der Waals surface area contributed by atoms with Crippen LogP contribution in [0.5, 0.6) is 0 Å². The van der Waals surface area contributed by atoms with Crippen LogP contribution in [0.3, 0.4) is 0 Å². The number of hydrogen-bond acceptors (Lipinski definition) is 6. The highest BCUT2D eigenvalue weighted by Crippen LogP contribution is 2.19. The summed E-state index contributed by atoms with van der Waals surface area (Å²) in [6, 6.07) is 7.31. The second-order valence-corrected chi connectivity index (χ2v) is 5.77. The first-order valence-electron chi connectivity index (χ1n) is 6.33. The number of ether oxygens (including phenoxy) is 1. The lowest BCUT2D eigenvalue weighted by molar-refractivity contribution is 0.0829. The molecule has 2 heterocycles. The van der Waals surface area contributed by atoms with Gasteiger partial charge in [0, 0.05) is 19.2 Å². The molecule has 0 bridgehead atoms. The van der Waals surface area contributed by atoms with Gasteiger partial charge in [-0.05, 0) is 40.6 Å².